The van der Waals surface area contributed by atoms with Gasteiger partial charge in [0.25, 0.3) is 0 Å². The molecule has 25 heavy (non-hydrogen) atoms. The number of carbonyl (C=O) groups excluding carboxylic acids is 1. The molecule has 134 valence electrons. The minimum Gasteiger partial charge on any atom is -0.496 e. The summed E-state index contributed by atoms with van der Waals surface area (Å²) < 4.78 is 5.37. The monoisotopic (exact) mass is 359 g/mol. The number of ether oxygens (including phenoxy) is 1. The lowest BCUT2D eigenvalue weighted by molar-refractivity contribution is -0.116. The Balaban J connectivity index is 1.50. The number of rotatable bonds is 7. The van der Waals surface area contributed by atoms with E-state index < -0.39 is 0 Å². The van der Waals surface area contributed by atoms with Crippen LogP contribution in [0.25, 0.3) is 0 Å². The molecule has 0 spiro atoms. The molecule has 0 atom stereocenters. The van der Waals surface area contributed by atoms with Gasteiger partial charge < -0.3 is 10.1 Å². The summed E-state index contributed by atoms with van der Waals surface area (Å²) in [7, 11) is 1.66. The number of amides is 1. The maximum Gasteiger partial charge on any atom is 0.226 e. The van der Waals surface area contributed by atoms with Gasteiger partial charge in [-0.15, -0.1) is 10.2 Å². The van der Waals surface area contributed by atoms with E-state index in [1.807, 2.05) is 24.3 Å². The predicted molar refractivity (Wildman–Crippen MR) is 100 cm³/mol. The van der Waals surface area contributed by atoms with Crippen LogP contribution in [0.5, 0.6) is 5.75 Å². The molecule has 3 rings (SSSR count). The summed E-state index contributed by atoms with van der Waals surface area (Å²) in [6.45, 7) is 0. The van der Waals surface area contributed by atoms with Crippen LogP contribution in [0.15, 0.2) is 24.3 Å². The highest BCUT2D eigenvalue weighted by Gasteiger charge is 2.16. The minimum absolute atomic E-state index is 0.0468. The van der Waals surface area contributed by atoms with Crippen molar-refractivity contribution in [3.8, 4) is 5.75 Å². The number of nitrogens with zero attached hydrogens (tertiary/aromatic N) is 2. The van der Waals surface area contributed by atoms with Crippen LogP contribution in [0.3, 0.4) is 0 Å². The van der Waals surface area contributed by atoms with Crippen molar-refractivity contribution in [1.29, 1.82) is 0 Å². The lowest BCUT2D eigenvalue weighted by atomic mass is 9.86. The molecule has 0 unspecified atom stereocenters. The highest BCUT2D eigenvalue weighted by Crippen LogP contribution is 2.28. The Hall–Kier alpha value is -1.95. The molecule has 0 aliphatic heterocycles. The molecular formula is C19H25N3O2S. The van der Waals surface area contributed by atoms with Crippen molar-refractivity contribution in [3.05, 3.63) is 34.8 Å². The first kappa shape index (κ1) is 17.9. The molecule has 5 nitrogen and oxygen atoms in total. The number of nitrogens with one attached hydrogen (secondary N) is 1. The summed E-state index contributed by atoms with van der Waals surface area (Å²) in [5.41, 5.74) is 1.07. The summed E-state index contributed by atoms with van der Waals surface area (Å²) in [6.07, 6.45) is 8.74. The fraction of sp³-hybridized carbons (Fsp3) is 0.526. The van der Waals surface area contributed by atoms with Gasteiger partial charge in [0.1, 0.15) is 10.8 Å². The smallest absolute Gasteiger partial charge is 0.226 e. The fourth-order valence-electron chi connectivity index (χ4n) is 3.38. The summed E-state index contributed by atoms with van der Waals surface area (Å²) >= 11 is 1.43. The Kier molecular flexibility index (Phi) is 6.39. The summed E-state index contributed by atoms with van der Waals surface area (Å²) in [5, 5.41) is 12.6. The molecule has 1 N–H and O–H groups in total. The second-order valence-electron chi connectivity index (χ2n) is 6.58. The molecule has 2 aromatic rings. The number of hydrogen-bond acceptors (Lipinski definition) is 5. The van der Waals surface area contributed by atoms with E-state index in [9.17, 15) is 4.79 Å². The van der Waals surface area contributed by atoms with Crippen molar-refractivity contribution in [2.45, 2.75) is 51.4 Å². The fourth-order valence-corrected chi connectivity index (χ4v) is 4.16. The molecular weight excluding hydrogens is 334 g/mol. The maximum atomic E-state index is 12.1. The highest BCUT2D eigenvalue weighted by molar-refractivity contribution is 7.15. The average molecular weight is 359 g/mol. The van der Waals surface area contributed by atoms with Crippen LogP contribution >= 0.6 is 11.3 Å². The van der Waals surface area contributed by atoms with Crippen LogP contribution in [-0.4, -0.2) is 23.2 Å². The van der Waals surface area contributed by atoms with Crippen molar-refractivity contribution in [2.75, 3.05) is 12.4 Å². The zero-order valence-electron chi connectivity index (χ0n) is 14.7. The minimum atomic E-state index is 0.0468. The molecule has 1 heterocycles. The van der Waals surface area contributed by atoms with Crippen LogP contribution in [0.4, 0.5) is 5.13 Å². The van der Waals surface area contributed by atoms with Crippen LogP contribution in [0, 0.1) is 5.92 Å². The van der Waals surface area contributed by atoms with Crippen molar-refractivity contribution in [2.24, 2.45) is 5.92 Å². The number of aromatic nitrogens is 2. The number of anilines is 1. The van der Waals surface area contributed by atoms with Gasteiger partial charge in [-0.3, -0.25) is 4.79 Å². The largest absolute Gasteiger partial charge is 0.496 e. The second-order valence-corrected chi connectivity index (χ2v) is 7.64. The predicted octanol–water partition coefficient (Wildman–Crippen LogP) is 4.44. The molecule has 1 aliphatic rings. The average Bonchev–Trinajstić information content (AvgIpc) is 3.08. The molecule has 1 aromatic carbocycles. The zero-order valence-corrected chi connectivity index (χ0v) is 15.5. The van der Waals surface area contributed by atoms with Crippen molar-refractivity contribution >= 4 is 22.4 Å². The molecule has 0 saturated heterocycles. The molecule has 1 fully saturated rings. The Bertz CT molecular complexity index is 695. The van der Waals surface area contributed by atoms with Crippen molar-refractivity contribution < 1.29 is 9.53 Å². The third kappa shape index (κ3) is 5.26. The molecule has 0 bridgehead atoms. The van der Waals surface area contributed by atoms with Gasteiger partial charge in [0.15, 0.2) is 0 Å². The highest BCUT2D eigenvalue weighted by atomic mass is 32.1. The van der Waals surface area contributed by atoms with E-state index in [2.05, 4.69) is 15.5 Å². The molecule has 1 saturated carbocycles. The van der Waals surface area contributed by atoms with Gasteiger partial charge in [0.05, 0.1) is 7.11 Å². The van der Waals surface area contributed by atoms with Crippen LogP contribution < -0.4 is 10.1 Å². The first-order valence-electron chi connectivity index (χ1n) is 8.98. The van der Waals surface area contributed by atoms with Crippen LogP contribution in [0.1, 0.15) is 55.5 Å². The third-order valence-corrected chi connectivity index (χ3v) is 5.59. The Morgan fingerprint density at radius 3 is 2.84 bits per heavy atom. The molecule has 1 aliphatic carbocycles. The van der Waals surface area contributed by atoms with Gasteiger partial charge in [0, 0.05) is 18.4 Å². The van der Waals surface area contributed by atoms with Gasteiger partial charge >= 0.3 is 0 Å². The summed E-state index contributed by atoms with van der Waals surface area (Å²) in [5.74, 6) is 1.61. The Morgan fingerprint density at radius 1 is 1.24 bits per heavy atom. The Labute approximate surface area is 152 Å². The van der Waals surface area contributed by atoms with E-state index in [1.165, 1.54) is 43.4 Å². The summed E-state index contributed by atoms with van der Waals surface area (Å²) in [6, 6.07) is 7.88. The maximum absolute atomic E-state index is 12.1. The number of benzene rings is 1. The summed E-state index contributed by atoms with van der Waals surface area (Å²) in [4.78, 5) is 12.1. The van der Waals surface area contributed by atoms with E-state index in [0.29, 0.717) is 18.0 Å². The standard InChI is InChI=1S/C19H25N3O2S/c1-24-16-10-6-5-9-15(16)13-18-21-22-19(25-18)20-17(23)12-11-14-7-3-2-4-8-14/h5-6,9-10,14H,2-4,7-8,11-13H2,1H3,(H,20,22,23). The zero-order chi connectivity index (χ0) is 17.5. The molecule has 1 aromatic heterocycles. The van der Waals surface area contributed by atoms with Crippen molar-refractivity contribution in [1.82, 2.24) is 10.2 Å². The van der Waals surface area contributed by atoms with Gasteiger partial charge in [-0.25, -0.2) is 0 Å². The normalized spacial score (nSPS) is 15.1. The van der Waals surface area contributed by atoms with E-state index in [0.717, 1.165) is 28.7 Å². The molecule has 0 radical (unpaired) electrons. The van der Waals surface area contributed by atoms with Gasteiger partial charge in [-0.1, -0.05) is 61.6 Å². The number of hydrogen-bond donors (Lipinski definition) is 1. The van der Waals surface area contributed by atoms with Gasteiger partial charge in [-0.05, 0) is 18.4 Å². The number of para-hydroxylation sites is 1. The lowest BCUT2D eigenvalue weighted by Crippen LogP contribution is -2.14. The third-order valence-electron chi connectivity index (χ3n) is 4.75. The second kappa shape index (κ2) is 8.94. The SMILES string of the molecule is COc1ccccc1Cc1nnc(NC(=O)CCC2CCCCC2)s1. The van der Waals surface area contributed by atoms with E-state index in [4.69, 9.17) is 4.74 Å². The van der Waals surface area contributed by atoms with Crippen LogP contribution in [-0.2, 0) is 11.2 Å². The van der Waals surface area contributed by atoms with E-state index in [-0.39, 0.29) is 5.91 Å². The molecule has 6 heteroatoms. The Morgan fingerprint density at radius 2 is 2.04 bits per heavy atom. The number of carbonyl (C=O) groups is 1. The lowest BCUT2D eigenvalue weighted by Gasteiger charge is -2.20. The quantitative estimate of drug-likeness (QED) is 0.794. The molecule has 1 amide bonds. The van der Waals surface area contributed by atoms with Crippen molar-refractivity contribution in [3.63, 3.8) is 0 Å². The van der Waals surface area contributed by atoms with Gasteiger partial charge in [0.2, 0.25) is 11.0 Å². The van der Waals surface area contributed by atoms with Gasteiger partial charge in [-0.2, -0.15) is 0 Å². The first-order valence-corrected chi connectivity index (χ1v) is 9.80. The first-order chi connectivity index (χ1) is 12.2. The van der Waals surface area contributed by atoms with E-state index in [1.54, 1.807) is 7.11 Å². The number of methoxy groups -OCH3 is 1. The topological polar surface area (TPSA) is 64.1 Å². The van der Waals surface area contributed by atoms with E-state index >= 15 is 0 Å². The van der Waals surface area contributed by atoms with Crippen LogP contribution in [0.2, 0.25) is 0 Å².